The number of nitrogens with one attached hydrogen (secondary N) is 2. The van der Waals surface area contributed by atoms with Gasteiger partial charge >= 0.3 is 0 Å². The van der Waals surface area contributed by atoms with Crippen LogP contribution in [-0.4, -0.2) is 90.4 Å². The molecule has 1 aliphatic rings. The maximum atomic E-state index is 14.1. The van der Waals surface area contributed by atoms with E-state index in [2.05, 4.69) is 15.6 Å². The van der Waals surface area contributed by atoms with Crippen LogP contribution in [0, 0.1) is 18.6 Å². The van der Waals surface area contributed by atoms with Gasteiger partial charge in [-0.15, -0.1) is 0 Å². The van der Waals surface area contributed by atoms with E-state index in [1.54, 1.807) is 36.1 Å². The van der Waals surface area contributed by atoms with Crippen LogP contribution in [0.15, 0.2) is 65.8 Å². The van der Waals surface area contributed by atoms with Crippen LogP contribution in [0.4, 0.5) is 8.78 Å². The summed E-state index contributed by atoms with van der Waals surface area (Å²) in [5, 5.41) is 17.4. The number of piperazine rings is 1. The van der Waals surface area contributed by atoms with E-state index in [9.17, 15) is 31.9 Å². The lowest BCUT2D eigenvalue weighted by atomic mass is 9.94. The van der Waals surface area contributed by atoms with Crippen molar-refractivity contribution in [2.45, 2.75) is 63.2 Å². The van der Waals surface area contributed by atoms with Crippen molar-refractivity contribution in [3.63, 3.8) is 0 Å². The van der Waals surface area contributed by atoms with Crippen LogP contribution in [0.1, 0.15) is 58.5 Å². The number of aliphatic hydroxyl groups excluding tert-OH is 1. The van der Waals surface area contributed by atoms with Crippen LogP contribution < -0.4 is 10.6 Å². The molecule has 0 spiro atoms. The minimum Gasteiger partial charge on any atom is -0.389 e. The monoisotopic (exact) mass is 657 g/mol. The Morgan fingerprint density at radius 2 is 1.74 bits per heavy atom. The molecular formula is C33H41F2N5O5S. The molecule has 0 bridgehead atoms. The number of sulfonamides is 1. The summed E-state index contributed by atoms with van der Waals surface area (Å²) in [6, 6.07) is 10.4. The van der Waals surface area contributed by atoms with Gasteiger partial charge in [0.2, 0.25) is 0 Å². The van der Waals surface area contributed by atoms with Crippen LogP contribution in [0.25, 0.3) is 0 Å². The molecular weight excluding hydrogens is 616 g/mol. The SMILES string of the molecule is CCCN(CCC)C(=O)c1cc(C)cc(C(=O)N[C@@H](Cc2cc(F)cc(F)c2)C(O)[C@H]2CN(S(=O)(=O)c3ccccn3)CCN2)c1. The summed E-state index contributed by atoms with van der Waals surface area (Å²) in [7, 11) is -3.97. The lowest BCUT2D eigenvalue weighted by Gasteiger charge is -2.38. The molecule has 1 fully saturated rings. The first kappa shape index (κ1) is 35.1. The smallest absolute Gasteiger partial charge is 0.260 e. The van der Waals surface area contributed by atoms with Crippen molar-refractivity contribution < 1.29 is 31.9 Å². The fraction of sp³-hybridized carbons (Fsp3) is 0.424. The summed E-state index contributed by atoms with van der Waals surface area (Å²) in [6.07, 6.45) is 1.39. The highest BCUT2D eigenvalue weighted by atomic mass is 32.2. The number of rotatable bonds is 13. The van der Waals surface area contributed by atoms with Crippen molar-refractivity contribution >= 4 is 21.8 Å². The van der Waals surface area contributed by atoms with E-state index in [0.717, 1.165) is 31.0 Å². The van der Waals surface area contributed by atoms with Crippen LogP contribution in [-0.2, 0) is 16.4 Å². The third-order valence-corrected chi connectivity index (χ3v) is 9.57. The van der Waals surface area contributed by atoms with Gasteiger partial charge in [-0.2, -0.15) is 4.31 Å². The predicted octanol–water partition coefficient (Wildman–Crippen LogP) is 3.30. The summed E-state index contributed by atoms with van der Waals surface area (Å²) in [4.78, 5) is 32.7. The lowest BCUT2D eigenvalue weighted by Crippen LogP contribution is -2.62. The van der Waals surface area contributed by atoms with Gasteiger partial charge in [0.25, 0.3) is 21.8 Å². The molecule has 46 heavy (non-hydrogen) atoms. The predicted molar refractivity (Wildman–Crippen MR) is 170 cm³/mol. The quantitative estimate of drug-likeness (QED) is 0.257. The van der Waals surface area contributed by atoms with Gasteiger partial charge in [0.1, 0.15) is 11.6 Å². The molecule has 13 heteroatoms. The molecule has 2 amide bonds. The molecule has 0 aliphatic carbocycles. The Balaban J connectivity index is 1.61. The number of hydrogen-bond acceptors (Lipinski definition) is 7. The van der Waals surface area contributed by atoms with Crippen LogP contribution in [0.5, 0.6) is 0 Å². The number of aryl methyl sites for hydroxylation is 1. The molecule has 248 valence electrons. The lowest BCUT2D eigenvalue weighted by molar-refractivity contribution is 0.0599. The Labute approximate surface area is 268 Å². The number of halogens is 2. The fourth-order valence-electron chi connectivity index (χ4n) is 5.68. The number of aliphatic hydroxyl groups is 1. The van der Waals surface area contributed by atoms with Crippen molar-refractivity contribution in [1.29, 1.82) is 0 Å². The summed E-state index contributed by atoms with van der Waals surface area (Å²) in [5.74, 6) is -2.44. The first-order valence-corrected chi connectivity index (χ1v) is 16.9. The molecule has 10 nitrogen and oxygen atoms in total. The van der Waals surface area contributed by atoms with Gasteiger partial charge in [0, 0.05) is 62.2 Å². The number of amides is 2. The molecule has 3 aromatic rings. The average molecular weight is 658 g/mol. The van der Waals surface area contributed by atoms with Gasteiger partial charge in [-0.25, -0.2) is 22.2 Å². The summed E-state index contributed by atoms with van der Waals surface area (Å²) >= 11 is 0. The number of nitrogens with zero attached hydrogens (tertiary/aromatic N) is 3. The van der Waals surface area contributed by atoms with Gasteiger partial charge in [-0.1, -0.05) is 19.9 Å². The van der Waals surface area contributed by atoms with E-state index >= 15 is 0 Å². The van der Waals surface area contributed by atoms with Crippen molar-refractivity contribution in [3.05, 3.63) is 94.7 Å². The molecule has 3 atom stereocenters. The topological polar surface area (TPSA) is 132 Å². The zero-order chi connectivity index (χ0) is 33.4. The molecule has 1 saturated heterocycles. The zero-order valence-corrected chi connectivity index (χ0v) is 27.1. The standard InChI is InChI=1S/C33H41F2N5O5S/c1-4-11-39(12-5-2)33(43)25-15-22(3)14-24(19-25)32(42)38-28(18-23-16-26(34)20-27(35)17-23)31(41)29-21-40(13-10-36-29)46(44,45)30-8-6-7-9-37-30/h6-9,14-17,19-20,28-29,31,36,41H,4-5,10-13,18,21H2,1-3H3,(H,38,42)/t28-,29+,31?/m0/s1. The van der Waals surface area contributed by atoms with E-state index in [1.165, 1.54) is 22.6 Å². The van der Waals surface area contributed by atoms with E-state index in [0.29, 0.717) is 24.2 Å². The van der Waals surface area contributed by atoms with E-state index in [4.69, 9.17) is 0 Å². The zero-order valence-electron chi connectivity index (χ0n) is 26.2. The highest BCUT2D eigenvalue weighted by Crippen LogP contribution is 2.20. The molecule has 1 unspecified atom stereocenters. The third kappa shape index (κ3) is 8.72. The summed E-state index contributed by atoms with van der Waals surface area (Å²) < 4.78 is 56.0. The summed E-state index contributed by atoms with van der Waals surface area (Å²) in [5.41, 5.74) is 1.39. The maximum Gasteiger partial charge on any atom is 0.260 e. The van der Waals surface area contributed by atoms with Crippen molar-refractivity contribution in [2.24, 2.45) is 0 Å². The van der Waals surface area contributed by atoms with Gasteiger partial charge < -0.3 is 20.6 Å². The Morgan fingerprint density at radius 1 is 1.07 bits per heavy atom. The van der Waals surface area contributed by atoms with Crippen LogP contribution in [0.2, 0.25) is 0 Å². The number of carbonyl (C=O) groups excluding carboxylic acids is 2. The van der Waals surface area contributed by atoms with Crippen LogP contribution in [0.3, 0.4) is 0 Å². The number of pyridine rings is 1. The molecule has 2 aromatic carbocycles. The Bertz CT molecular complexity index is 1600. The molecule has 1 aromatic heterocycles. The highest BCUT2D eigenvalue weighted by molar-refractivity contribution is 7.89. The Kier molecular flexibility index (Phi) is 12.0. The molecule has 2 heterocycles. The first-order valence-electron chi connectivity index (χ1n) is 15.4. The number of benzene rings is 2. The van der Waals surface area contributed by atoms with Crippen molar-refractivity contribution in [2.75, 3.05) is 32.7 Å². The Morgan fingerprint density at radius 3 is 2.37 bits per heavy atom. The normalized spacial score (nSPS) is 16.9. The van der Waals surface area contributed by atoms with Gasteiger partial charge in [0.05, 0.1) is 12.1 Å². The van der Waals surface area contributed by atoms with Gasteiger partial charge in [0.15, 0.2) is 5.03 Å². The average Bonchev–Trinajstić information content (AvgIpc) is 3.03. The van der Waals surface area contributed by atoms with E-state index in [-0.39, 0.29) is 48.1 Å². The second-order valence-electron chi connectivity index (χ2n) is 11.5. The molecule has 0 radical (unpaired) electrons. The van der Waals surface area contributed by atoms with E-state index < -0.39 is 45.8 Å². The fourth-order valence-corrected chi connectivity index (χ4v) is 7.07. The number of hydrogen-bond donors (Lipinski definition) is 3. The van der Waals surface area contributed by atoms with Crippen molar-refractivity contribution in [3.8, 4) is 0 Å². The van der Waals surface area contributed by atoms with Gasteiger partial charge in [-0.05, 0) is 79.8 Å². The molecule has 3 N–H and O–H groups in total. The first-order chi connectivity index (χ1) is 21.9. The molecule has 0 saturated carbocycles. The highest BCUT2D eigenvalue weighted by Gasteiger charge is 2.37. The largest absolute Gasteiger partial charge is 0.389 e. The van der Waals surface area contributed by atoms with Crippen molar-refractivity contribution in [1.82, 2.24) is 24.8 Å². The minimum absolute atomic E-state index is 0.126. The second kappa shape index (κ2) is 15.7. The Hall–Kier alpha value is -3.78. The maximum absolute atomic E-state index is 14.1. The van der Waals surface area contributed by atoms with E-state index in [1.807, 2.05) is 13.8 Å². The number of carbonyl (C=O) groups is 2. The molecule has 1 aliphatic heterocycles. The molecule has 4 rings (SSSR count). The second-order valence-corrected chi connectivity index (χ2v) is 13.4. The van der Waals surface area contributed by atoms with Gasteiger partial charge in [-0.3, -0.25) is 9.59 Å². The third-order valence-electron chi connectivity index (χ3n) is 7.79. The minimum atomic E-state index is -3.97. The van der Waals surface area contributed by atoms with Crippen LogP contribution >= 0.6 is 0 Å². The summed E-state index contributed by atoms with van der Waals surface area (Å²) in [6.45, 7) is 7.06. The number of aromatic nitrogens is 1.